The molecule has 16 heavy (non-hydrogen) atoms. The Balaban J connectivity index is 3.19. The molecule has 6 nitrogen and oxygen atoms in total. The van der Waals surface area contributed by atoms with Gasteiger partial charge >= 0.3 is 0 Å². The largest absolute Gasteiger partial charge is 0.384 e. The van der Waals surface area contributed by atoms with Crippen LogP contribution in [0.2, 0.25) is 0 Å². The molecule has 1 aromatic rings. The number of hydrogen-bond donors (Lipinski definition) is 4. The minimum atomic E-state index is -3.72. The maximum Gasteiger partial charge on any atom is 0.298 e. The lowest BCUT2D eigenvalue weighted by molar-refractivity contribution is 0.593. The van der Waals surface area contributed by atoms with E-state index in [4.69, 9.17) is 11.1 Å². The van der Waals surface area contributed by atoms with Crippen molar-refractivity contribution in [1.29, 1.82) is 5.41 Å². The first-order chi connectivity index (χ1) is 7.35. The Morgan fingerprint density at radius 3 is 2.62 bits per heavy atom. The van der Waals surface area contributed by atoms with Crippen molar-refractivity contribution < 1.29 is 12.8 Å². The van der Waals surface area contributed by atoms with E-state index in [-0.39, 0.29) is 11.3 Å². The van der Waals surface area contributed by atoms with Gasteiger partial charge in [0, 0.05) is 12.6 Å². The molecule has 0 saturated carbocycles. The van der Waals surface area contributed by atoms with Gasteiger partial charge in [0.25, 0.3) is 10.2 Å². The fourth-order valence-corrected chi connectivity index (χ4v) is 1.59. The molecule has 0 aromatic heterocycles. The van der Waals surface area contributed by atoms with E-state index in [1.165, 1.54) is 13.1 Å². The Labute approximate surface area is 92.3 Å². The summed E-state index contributed by atoms with van der Waals surface area (Å²) in [6.45, 7) is 0. The van der Waals surface area contributed by atoms with Crippen molar-refractivity contribution in [3.05, 3.63) is 29.6 Å². The minimum absolute atomic E-state index is 0.0150. The highest BCUT2D eigenvalue weighted by molar-refractivity contribution is 7.90. The van der Waals surface area contributed by atoms with Crippen LogP contribution in [0.4, 0.5) is 10.1 Å². The number of nitrogen functional groups attached to an aromatic ring is 1. The second-order valence-corrected chi connectivity index (χ2v) is 4.53. The van der Waals surface area contributed by atoms with Gasteiger partial charge in [-0.3, -0.25) is 10.1 Å². The zero-order valence-electron chi connectivity index (χ0n) is 8.41. The van der Waals surface area contributed by atoms with Gasteiger partial charge in [0.05, 0.1) is 5.69 Å². The fourth-order valence-electron chi connectivity index (χ4n) is 1.02. The van der Waals surface area contributed by atoms with Crippen LogP contribution in [0, 0.1) is 11.2 Å². The molecule has 8 heteroatoms. The van der Waals surface area contributed by atoms with E-state index in [1.54, 1.807) is 0 Å². The quantitative estimate of drug-likeness (QED) is 0.443. The van der Waals surface area contributed by atoms with Crippen molar-refractivity contribution >= 4 is 21.7 Å². The van der Waals surface area contributed by atoms with E-state index < -0.39 is 21.9 Å². The third-order valence-electron chi connectivity index (χ3n) is 1.78. The Morgan fingerprint density at radius 2 is 2.12 bits per heavy atom. The van der Waals surface area contributed by atoms with Crippen LogP contribution in [0.1, 0.15) is 5.56 Å². The molecule has 0 fully saturated rings. The fraction of sp³-hybridized carbons (Fsp3) is 0.125. The van der Waals surface area contributed by atoms with Gasteiger partial charge in [0.15, 0.2) is 0 Å². The van der Waals surface area contributed by atoms with Crippen LogP contribution >= 0.6 is 0 Å². The summed E-state index contributed by atoms with van der Waals surface area (Å²) in [4.78, 5) is 0. The van der Waals surface area contributed by atoms with Crippen molar-refractivity contribution in [2.24, 2.45) is 5.73 Å². The van der Waals surface area contributed by atoms with Crippen LogP contribution in [0.5, 0.6) is 0 Å². The van der Waals surface area contributed by atoms with Gasteiger partial charge < -0.3 is 5.73 Å². The molecule has 0 aliphatic heterocycles. The summed E-state index contributed by atoms with van der Waals surface area (Å²) in [6.07, 6.45) is 0. The Kier molecular flexibility index (Phi) is 3.45. The number of amidine groups is 1. The summed E-state index contributed by atoms with van der Waals surface area (Å²) in [5.74, 6) is -1.02. The topological polar surface area (TPSA) is 108 Å². The van der Waals surface area contributed by atoms with Crippen LogP contribution in [-0.2, 0) is 10.2 Å². The van der Waals surface area contributed by atoms with Gasteiger partial charge in [-0.15, -0.1) is 0 Å². The predicted molar refractivity (Wildman–Crippen MR) is 59.0 cm³/mol. The van der Waals surface area contributed by atoms with Gasteiger partial charge in [-0.2, -0.15) is 8.42 Å². The lowest BCUT2D eigenvalue weighted by Crippen LogP contribution is -2.28. The third kappa shape index (κ3) is 2.91. The molecule has 0 aliphatic rings. The molecule has 0 bridgehead atoms. The van der Waals surface area contributed by atoms with Crippen molar-refractivity contribution in [3.8, 4) is 0 Å². The molecule has 0 saturated heterocycles. The normalized spacial score (nSPS) is 11.1. The molecular formula is C8H11FN4O2S. The number of rotatable bonds is 4. The molecule has 0 unspecified atom stereocenters. The number of nitrogens with one attached hydrogen (secondary N) is 3. The lowest BCUT2D eigenvalue weighted by Gasteiger charge is -2.10. The van der Waals surface area contributed by atoms with E-state index >= 15 is 0 Å². The van der Waals surface area contributed by atoms with Gasteiger partial charge in [-0.25, -0.2) is 9.11 Å². The molecular weight excluding hydrogens is 235 g/mol. The van der Waals surface area contributed by atoms with Gasteiger partial charge in [-0.05, 0) is 18.2 Å². The van der Waals surface area contributed by atoms with E-state index in [2.05, 4.69) is 4.72 Å². The molecule has 88 valence electrons. The second kappa shape index (κ2) is 4.45. The third-order valence-corrected chi connectivity index (χ3v) is 2.81. The minimum Gasteiger partial charge on any atom is -0.384 e. The van der Waals surface area contributed by atoms with Crippen LogP contribution in [0.15, 0.2) is 18.2 Å². The molecule has 0 amide bonds. The first kappa shape index (κ1) is 12.4. The van der Waals surface area contributed by atoms with Gasteiger partial charge in [-0.1, -0.05) is 0 Å². The SMILES string of the molecule is CNS(=O)(=O)Nc1ccc(F)cc1C(=N)N. The first-order valence-corrected chi connectivity index (χ1v) is 5.69. The average Bonchev–Trinajstić information content (AvgIpc) is 2.20. The first-order valence-electron chi connectivity index (χ1n) is 4.21. The maximum absolute atomic E-state index is 12.9. The molecule has 0 radical (unpaired) electrons. The standard InChI is InChI=1S/C8H11FN4O2S/c1-12-16(14,15)13-7-3-2-5(9)4-6(7)8(10)11/h2-4,12-13H,1H3,(H3,10,11). The average molecular weight is 246 g/mol. The van der Waals surface area contributed by atoms with E-state index in [9.17, 15) is 12.8 Å². The number of anilines is 1. The van der Waals surface area contributed by atoms with Crippen molar-refractivity contribution in [3.63, 3.8) is 0 Å². The summed E-state index contributed by atoms with van der Waals surface area (Å²) >= 11 is 0. The Morgan fingerprint density at radius 1 is 1.50 bits per heavy atom. The molecule has 0 atom stereocenters. The summed E-state index contributed by atoms with van der Waals surface area (Å²) in [5, 5.41) is 7.19. The van der Waals surface area contributed by atoms with Gasteiger partial charge in [0.2, 0.25) is 0 Å². The van der Waals surface area contributed by atoms with Gasteiger partial charge in [0.1, 0.15) is 11.7 Å². The molecule has 0 aliphatic carbocycles. The lowest BCUT2D eigenvalue weighted by atomic mass is 10.1. The summed E-state index contributed by atoms with van der Waals surface area (Å²) in [5.41, 5.74) is 5.23. The number of hydrogen-bond acceptors (Lipinski definition) is 3. The number of nitrogens with two attached hydrogens (primary N) is 1. The van der Waals surface area contributed by atoms with E-state index in [0.29, 0.717) is 0 Å². The van der Waals surface area contributed by atoms with Crippen LogP contribution < -0.4 is 15.2 Å². The Hall–Kier alpha value is -1.67. The van der Waals surface area contributed by atoms with Crippen LogP contribution in [0.25, 0.3) is 0 Å². The second-order valence-electron chi connectivity index (χ2n) is 2.91. The number of benzene rings is 1. The van der Waals surface area contributed by atoms with E-state index in [1.807, 2.05) is 4.72 Å². The molecule has 1 aromatic carbocycles. The smallest absolute Gasteiger partial charge is 0.298 e. The predicted octanol–water partition coefficient (Wildman–Crippen LogP) is -0.0141. The highest BCUT2D eigenvalue weighted by atomic mass is 32.2. The molecule has 1 rings (SSSR count). The summed E-state index contributed by atoms with van der Waals surface area (Å²) < 4.78 is 39.4. The summed E-state index contributed by atoms with van der Waals surface area (Å²) in [6, 6.07) is 3.25. The zero-order valence-corrected chi connectivity index (χ0v) is 9.23. The molecule has 5 N–H and O–H groups in total. The van der Waals surface area contributed by atoms with Crippen molar-refractivity contribution in [2.75, 3.05) is 11.8 Å². The van der Waals surface area contributed by atoms with Crippen molar-refractivity contribution in [2.45, 2.75) is 0 Å². The van der Waals surface area contributed by atoms with Crippen molar-refractivity contribution in [1.82, 2.24) is 4.72 Å². The monoisotopic (exact) mass is 246 g/mol. The maximum atomic E-state index is 12.9. The molecule has 0 heterocycles. The molecule has 0 spiro atoms. The number of halogens is 1. The van der Waals surface area contributed by atoms with E-state index in [0.717, 1.165) is 12.1 Å². The zero-order chi connectivity index (χ0) is 12.3. The van der Waals surface area contributed by atoms with Crippen LogP contribution in [0.3, 0.4) is 0 Å². The Bertz CT molecular complexity index is 515. The van der Waals surface area contributed by atoms with Crippen LogP contribution in [-0.4, -0.2) is 21.3 Å². The highest BCUT2D eigenvalue weighted by Crippen LogP contribution is 2.17. The summed E-state index contributed by atoms with van der Waals surface area (Å²) in [7, 11) is -2.49. The highest BCUT2D eigenvalue weighted by Gasteiger charge is 2.12.